The highest BCUT2D eigenvalue weighted by molar-refractivity contribution is 6.32. The second-order valence-electron chi connectivity index (χ2n) is 11.7. The quantitative estimate of drug-likeness (QED) is 0.303. The van der Waals surface area contributed by atoms with Crippen molar-refractivity contribution in [3.63, 3.8) is 0 Å². The number of hydrogen-bond acceptors (Lipinski definition) is 7. The number of benzene rings is 3. The number of nitrogens with zero attached hydrogens (tertiary/aromatic N) is 3. The van der Waals surface area contributed by atoms with Crippen LogP contribution in [0.25, 0.3) is 0 Å². The van der Waals surface area contributed by atoms with E-state index in [-0.39, 0.29) is 43.4 Å². The Hall–Kier alpha value is -4.60. The second kappa shape index (κ2) is 12.1. The van der Waals surface area contributed by atoms with Crippen LogP contribution < -0.4 is 20.7 Å². The number of carbonyl (C=O) groups is 3. The van der Waals surface area contributed by atoms with Crippen LogP contribution in [0.1, 0.15) is 64.3 Å². The van der Waals surface area contributed by atoms with Crippen molar-refractivity contribution in [2.24, 2.45) is 11.7 Å². The molecule has 45 heavy (non-hydrogen) atoms. The van der Waals surface area contributed by atoms with Gasteiger partial charge in [0.25, 0.3) is 5.91 Å². The molecule has 3 heterocycles. The number of nitrogens with two attached hydrogens (primary N) is 1. The van der Waals surface area contributed by atoms with E-state index in [9.17, 15) is 18.8 Å². The van der Waals surface area contributed by atoms with Crippen molar-refractivity contribution in [2.75, 3.05) is 18.0 Å². The van der Waals surface area contributed by atoms with Gasteiger partial charge in [-0.05, 0) is 67.1 Å². The Morgan fingerprint density at radius 2 is 1.87 bits per heavy atom. The highest BCUT2D eigenvalue weighted by atomic mass is 28.1. The summed E-state index contributed by atoms with van der Waals surface area (Å²) in [6.45, 7) is 1.18. The molecular formula is C33H30F2N5O4Si. The van der Waals surface area contributed by atoms with E-state index in [0.29, 0.717) is 59.6 Å². The maximum atomic E-state index is 15.3. The molecule has 2 fully saturated rings. The summed E-state index contributed by atoms with van der Waals surface area (Å²) < 4.78 is 35.8. The summed E-state index contributed by atoms with van der Waals surface area (Å²) in [4.78, 5) is 40.9. The summed E-state index contributed by atoms with van der Waals surface area (Å²) in [5.41, 5.74) is 9.24. The molecule has 0 aliphatic carbocycles. The van der Waals surface area contributed by atoms with Gasteiger partial charge in [0.05, 0.1) is 34.1 Å². The van der Waals surface area contributed by atoms with E-state index in [1.807, 2.05) is 11.0 Å². The van der Waals surface area contributed by atoms with E-state index < -0.39 is 34.7 Å². The van der Waals surface area contributed by atoms with Gasteiger partial charge >= 0.3 is 0 Å². The van der Waals surface area contributed by atoms with Crippen LogP contribution in [-0.2, 0) is 22.7 Å². The summed E-state index contributed by atoms with van der Waals surface area (Å²) in [5, 5.41) is 9.91. The predicted molar refractivity (Wildman–Crippen MR) is 161 cm³/mol. The van der Waals surface area contributed by atoms with Crippen LogP contribution in [0.3, 0.4) is 0 Å². The minimum atomic E-state index is -1.36. The topological polar surface area (TPSA) is 129 Å². The van der Waals surface area contributed by atoms with Crippen LogP contribution in [0.4, 0.5) is 14.5 Å². The highest BCUT2D eigenvalue weighted by Crippen LogP contribution is 2.37. The monoisotopic (exact) mass is 626 g/mol. The molecule has 3 aromatic rings. The van der Waals surface area contributed by atoms with Gasteiger partial charge in [-0.25, -0.2) is 8.78 Å². The lowest BCUT2D eigenvalue weighted by molar-refractivity contribution is -0.138. The molecule has 0 unspecified atom stereocenters. The molecule has 6 rings (SSSR count). The minimum absolute atomic E-state index is 0.0820. The average molecular weight is 627 g/mol. The van der Waals surface area contributed by atoms with Crippen molar-refractivity contribution < 1.29 is 27.9 Å². The largest absolute Gasteiger partial charge is 0.488 e. The van der Waals surface area contributed by atoms with Crippen molar-refractivity contribution in [3.05, 3.63) is 94.0 Å². The highest BCUT2D eigenvalue weighted by Gasteiger charge is 2.49. The minimum Gasteiger partial charge on any atom is -0.488 e. The molecule has 0 saturated carbocycles. The van der Waals surface area contributed by atoms with Gasteiger partial charge in [0.1, 0.15) is 29.2 Å². The molecule has 0 spiro atoms. The number of nitriles is 1. The molecule has 2 atom stereocenters. The molecule has 0 bridgehead atoms. The number of hydrogen-bond donors (Lipinski definition) is 2. The molecule has 3 amide bonds. The number of anilines is 1. The van der Waals surface area contributed by atoms with Crippen LogP contribution in [0.15, 0.2) is 54.6 Å². The predicted octanol–water partition coefficient (Wildman–Crippen LogP) is 3.59. The van der Waals surface area contributed by atoms with Gasteiger partial charge in [-0.1, -0.05) is 18.2 Å². The fraction of sp³-hybridized carbons (Fsp3) is 0.333. The zero-order valence-electron chi connectivity index (χ0n) is 24.3. The standard InChI is InChI=1S/C33H30F2N5O4Si/c34-25-15-21(30(37)20-9-12-39(13-10-20)27-7-4-19(16-36)14-26(27)35)5-6-22(25)18-44-28-3-1-2-23-24(28)17-40(31(23)42)33(45)11-8-29(41)38-32(33)43/h1-7,14-15,20,30H,8-13,17-18,37H2,(H,38,41,43)/t30-,33-/m0/s1. The first kappa shape index (κ1) is 30.4. The van der Waals surface area contributed by atoms with E-state index in [1.165, 1.54) is 17.0 Å². The molecule has 0 aromatic heterocycles. The maximum Gasteiger partial charge on any atom is 0.255 e. The summed E-state index contributed by atoms with van der Waals surface area (Å²) in [7, 11) is 3.47. The first-order valence-electron chi connectivity index (χ1n) is 14.7. The molecule has 229 valence electrons. The average Bonchev–Trinajstić information content (AvgIpc) is 3.39. The summed E-state index contributed by atoms with van der Waals surface area (Å²) >= 11 is 0. The van der Waals surface area contributed by atoms with E-state index in [4.69, 9.17) is 15.7 Å². The number of carbonyl (C=O) groups excluding carboxylic acids is 3. The van der Waals surface area contributed by atoms with Crippen molar-refractivity contribution in [1.82, 2.24) is 10.2 Å². The Bertz CT molecular complexity index is 1740. The number of imide groups is 1. The third-order valence-corrected chi connectivity index (χ3v) is 9.79. The zero-order chi connectivity index (χ0) is 31.9. The van der Waals surface area contributed by atoms with Gasteiger partial charge in [0, 0.05) is 42.2 Å². The van der Waals surface area contributed by atoms with Gasteiger partial charge in [-0.3, -0.25) is 19.7 Å². The zero-order valence-corrected chi connectivity index (χ0v) is 25.3. The molecule has 3 aliphatic rings. The third kappa shape index (κ3) is 5.69. The molecular weight excluding hydrogens is 596 g/mol. The molecule has 2 saturated heterocycles. The second-order valence-corrected chi connectivity index (χ2v) is 12.5. The number of ether oxygens (including phenoxy) is 1. The third-order valence-electron chi connectivity index (χ3n) is 9.04. The molecule has 9 nitrogen and oxygen atoms in total. The van der Waals surface area contributed by atoms with Crippen molar-refractivity contribution in [3.8, 4) is 11.8 Å². The summed E-state index contributed by atoms with van der Waals surface area (Å²) in [6.07, 6.45) is 1.64. The van der Waals surface area contributed by atoms with Crippen molar-refractivity contribution in [2.45, 2.75) is 50.0 Å². The molecule has 3 aromatic carbocycles. The number of fused-ring (bicyclic) bond motifs is 1. The number of piperidine rings is 2. The molecule has 12 heteroatoms. The Morgan fingerprint density at radius 1 is 1.09 bits per heavy atom. The van der Waals surface area contributed by atoms with E-state index in [2.05, 4.69) is 15.6 Å². The molecule has 3 aliphatic heterocycles. The normalized spacial score (nSPS) is 20.9. The number of amides is 3. The Balaban J connectivity index is 1.09. The van der Waals surface area contributed by atoms with Crippen molar-refractivity contribution in [1.29, 1.82) is 5.26 Å². The van der Waals surface area contributed by atoms with Gasteiger partial charge < -0.3 is 20.3 Å². The van der Waals surface area contributed by atoms with E-state index >= 15 is 4.39 Å². The van der Waals surface area contributed by atoms with Crippen molar-refractivity contribution >= 4 is 33.7 Å². The van der Waals surface area contributed by atoms with Crippen LogP contribution in [0.2, 0.25) is 0 Å². The summed E-state index contributed by atoms with van der Waals surface area (Å²) in [5.74, 6) is -1.76. The Kier molecular flexibility index (Phi) is 8.15. The number of rotatable bonds is 7. The van der Waals surface area contributed by atoms with Crippen LogP contribution >= 0.6 is 0 Å². The van der Waals surface area contributed by atoms with E-state index in [1.54, 1.807) is 42.5 Å². The van der Waals surface area contributed by atoms with Crippen LogP contribution in [0, 0.1) is 28.9 Å². The Morgan fingerprint density at radius 3 is 2.56 bits per heavy atom. The smallest absolute Gasteiger partial charge is 0.255 e. The Labute approximate surface area is 262 Å². The molecule has 3 radical (unpaired) electrons. The SMILES string of the molecule is N#Cc1ccc(N2CCC([C@H](N)c3ccc(COc4cccc5c4CN([C@]4([Si])CCC(=O)NC4=O)C5=O)c(F)c3)CC2)c(F)c1. The van der Waals surface area contributed by atoms with Gasteiger partial charge in [-0.2, -0.15) is 5.26 Å². The first-order chi connectivity index (χ1) is 21.6. The van der Waals surface area contributed by atoms with Crippen LogP contribution in [-0.4, -0.2) is 51.1 Å². The number of halogens is 2. The van der Waals surface area contributed by atoms with Gasteiger partial charge in [-0.15, -0.1) is 0 Å². The van der Waals surface area contributed by atoms with Crippen LogP contribution in [0.5, 0.6) is 5.75 Å². The number of nitrogens with one attached hydrogen (secondary N) is 1. The maximum absolute atomic E-state index is 15.3. The lowest BCUT2D eigenvalue weighted by atomic mass is 9.85. The molecule has 3 N–H and O–H groups in total. The lowest BCUT2D eigenvalue weighted by Crippen LogP contribution is -2.63. The summed E-state index contributed by atoms with van der Waals surface area (Å²) in [6, 6.07) is 15.9. The fourth-order valence-corrected chi connectivity index (χ4v) is 6.72. The van der Waals surface area contributed by atoms with Gasteiger partial charge in [0.2, 0.25) is 11.8 Å². The van der Waals surface area contributed by atoms with E-state index in [0.717, 1.165) is 0 Å². The first-order valence-corrected chi connectivity index (χ1v) is 15.2. The van der Waals surface area contributed by atoms with Gasteiger partial charge in [0.15, 0.2) is 0 Å². The lowest BCUT2D eigenvalue weighted by Gasteiger charge is -2.39. The fourth-order valence-electron chi connectivity index (χ4n) is 6.35.